The van der Waals surface area contributed by atoms with Gasteiger partial charge in [-0.3, -0.25) is 14.6 Å². The number of halogens is 1. The number of piperazine rings is 1. The van der Waals surface area contributed by atoms with Crippen LogP contribution in [0.25, 0.3) is 6.08 Å². The Morgan fingerprint density at radius 1 is 1.10 bits per heavy atom. The molecule has 1 fully saturated rings. The van der Waals surface area contributed by atoms with E-state index in [0.29, 0.717) is 6.54 Å². The molecule has 0 spiro atoms. The van der Waals surface area contributed by atoms with E-state index >= 15 is 0 Å². The lowest BCUT2D eigenvalue weighted by Gasteiger charge is -2.34. The number of carbonyl (C=O) groups excluding carboxylic acids is 1. The molecule has 2 aromatic carbocycles. The van der Waals surface area contributed by atoms with Gasteiger partial charge < -0.3 is 4.74 Å². The van der Waals surface area contributed by atoms with Gasteiger partial charge in [-0.05, 0) is 35.9 Å². The minimum atomic E-state index is -0.108. The molecule has 0 atom stereocenters. The van der Waals surface area contributed by atoms with E-state index in [1.165, 1.54) is 5.56 Å². The van der Waals surface area contributed by atoms with Gasteiger partial charge >= 0.3 is 0 Å². The highest BCUT2D eigenvalue weighted by Gasteiger charge is 2.18. The molecule has 0 radical (unpaired) electrons. The summed E-state index contributed by atoms with van der Waals surface area (Å²) >= 11 is 5.94. The molecule has 3 rings (SSSR count). The summed E-state index contributed by atoms with van der Waals surface area (Å²) in [7, 11) is 1.64. The number of hydrogen-bond donors (Lipinski definition) is 1. The Balaban J connectivity index is 1.36. The maximum atomic E-state index is 12.1. The average molecular weight is 427 g/mol. The van der Waals surface area contributed by atoms with Crippen LogP contribution in [-0.4, -0.2) is 61.8 Å². The molecule has 1 heterocycles. The highest BCUT2D eigenvalue weighted by Crippen LogP contribution is 2.18. The van der Waals surface area contributed by atoms with Gasteiger partial charge in [-0.15, -0.1) is 0 Å². The normalized spacial score (nSPS) is 15.7. The zero-order valence-corrected chi connectivity index (χ0v) is 17.9. The van der Waals surface area contributed by atoms with E-state index in [2.05, 4.69) is 32.5 Å². The number of hydrogen-bond acceptors (Lipinski definition) is 5. The van der Waals surface area contributed by atoms with Gasteiger partial charge in [0, 0.05) is 49.5 Å². The zero-order valence-electron chi connectivity index (χ0n) is 17.1. The number of hydrazone groups is 1. The lowest BCUT2D eigenvalue weighted by Crippen LogP contribution is -2.48. The van der Waals surface area contributed by atoms with Crippen LogP contribution in [0.4, 0.5) is 0 Å². The number of nitrogens with zero attached hydrogens (tertiary/aromatic N) is 3. The van der Waals surface area contributed by atoms with Crippen LogP contribution in [-0.2, 0) is 11.3 Å². The number of methoxy groups -OCH3 is 1. The van der Waals surface area contributed by atoms with Crippen molar-refractivity contribution in [3.63, 3.8) is 0 Å². The molecule has 158 valence electrons. The summed E-state index contributed by atoms with van der Waals surface area (Å²) < 4.78 is 5.29. The number of ether oxygens (including phenoxy) is 1. The summed E-state index contributed by atoms with van der Waals surface area (Å²) in [5.74, 6) is 0.685. The maximum absolute atomic E-state index is 12.1. The van der Waals surface area contributed by atoms with Crippen molar-refractivity contribution < 1.29 is 9.53 Å². The zero-order chi connectivity index (χ0) is 21.2. The Hall–Kier alpha value is -2.67. The minimum absolute atomic E-state index is 0.108. The first-order valence-corrected chi connectivity index (χ1v) is 10.3. The van der Waals surface area contributed by atoms with Crippen molar-refractivity contribution in [2.24, 2.45) is 5.10 Å². The highest BCUT2D eigenvalue weighted by molar-refractivity contribution is 6.30. The van der Waals surface area contributed by atoms with Gasteiger partial charge in [0.2, 0.25) is 0 Å². The minimum Gasteiger partial charge on any atom is -0.496 e. The molecule has 1 amide bonds. The molecule has 2 aromatic rings. The molecule has 0 aliphatic carbocycles. The standard InChI is InChI=1S/C23H27ClN4O2/c1-30-22-7-3-2-5-20(22)6-4-12-25-26-23(29)18-28-15-13-27(14-16-28)17-19-8-10-21(24)11-9-19/h2-12H,13-18H2,1H3,(H,26,29)/b6-4-,25-12-. The number of rotatable bonds is 8. The highest BCUT2D eigenvalue weighted by atomic mass is 35.5. The SMILES string of the molecule is COc1ccccc1/C=C\C=N/NC(=O)CN1CCN(Cc2ccc(Cl)cc2)CC1. The summed E-state index contributed by atoms with van der Waals surface area (Å²) in [4.78, 5) is 16.6. The Morgan fingerprint density at radius 3 is 2.53 bits per heavy atom. The van der Waals surface area contributed by atoms with Crippen LogP contribution in [0.3, 0.4) is 0 Å². The predicted molar refractivity (Wildman–Crippen MR) is 122 cm³/mol. The number of benzene rings is 2. The van der Waals surface area contributed by atoms with E-state index < -0.39 is 0 Å². The van der Waals surface area contributed by atoms with Crippen LogP contribution in [0.5, 0.6) is 5.75 Å². The van der Waals surface area contributed by atoms with E-state index in [1.54, 1.807) is 19.4 Å². The summed E-state index contributed by atoms with van der Waals surface area (Å²) in [5, 5.41) is 4.74. The monoisotopic (exact) mass is 426 g/mol. The molecule has 0 aromatic heterocycles. The van der Waals surface area contributed by atoms with Gasteiger partial charge in [0.1, 0.15) is 5.75 Å². The first kappa shape index (κ1) is 22.0. The van der Waals surface area contributed by atoms with Gasteiger partial charge in [0.15, 0.2) is 0 Å². The number of nitrogens with one attached hydrogen (secondary N) is 1. The molecule has 0 saturated carbocycles. The summed E-state index contributed by atoms with van der Waals surface area (Å²) in [6.45, 7) is 4.83. The van der Waals surface area contributed by atoms with E-state index in [1.807, 2.05) is 42.5 Å². The second-order valence-electron chi connectivity index (χ2n) is 7.09. The Bertz CT molecular complexity index is 875. The molecule has 1 saturated heterocycles. The van der Waals surface area contributed by atoms with Crippen molar-refractivity contribution >= 4 is 29.8 Å². The Labute approximate surface area is 182 Å². The van der Waals surface area contributed by atoms with Gasteiger partial charge in [0.05, 0.1) is 13.7 Å². The lowest BCUT2D eigenvalue weighted by molar-refractivity contribution is -0.122. The smallest absolute Gasteiger partial charge is 0.254 e. The number of amides is 1. The van der Waals surface area contributed by atoms with Crippen molar-refractivity contribution in [3.8, 4) is 5.75 Å². The van der Waals surface area contributed by atoms with Crippen molar-refractivity contribution in [3.05, 3.63) is 70.8 Å². The third-order valence-electron chi connectivity index (χ3n) is 4.92. The second-order valence-corrected chi connectivity index (χ2v) is 7.53. The van der Waals surface area contributed by atoms with Gasteiger partial charge in [-0.25, -0.2) is 5.43 Å². The molecule has 1 aliphatic heterocycles. The van der Waals surface area contributed by atoms with Crippen LogP contribution in [0, 0.1) is 0 Å². The topological polar surface area (TPSA) is 57.2 Å². The van der Waals surface area contributed by atoms with Crippen LogP contribution < -0.4 is 10.2 Å². The van der Waals surface area contributed by atoms with Crippen LogP contribution in [0.15, 0.2) is 59.7 Å². The van der Waals surface area contributed by atoms with Crippen LogP contribution >= 0.6 is 11.6 Å². The summed E-state index contributed by atoms with van der Waals surface area (Å²) in [6.07, 6.45) is 5.22. The van der Waals surface area contributed by atoms with Crippen LogP contribution in [0.1, 0.15) is 11.1 Å². The first-order chi connectivity index (χ1) is 14.6. The molecule has 0 bridgehead atoms. The van der Waals surface area contributed by atoms with Gasteiger partial charge in [-0.2, -0.15) is 5.10 Å². The van der Waals surface area contributed by atoms with E-state index in [4.69, 9.17) is 16.3 Å². The molecule has 1 N–H and O–H groups in total. The Morgan fingerprint density at radius 2 is 1.80 bits per heavy atom. The lowest BCUT2D eigenvalue weighted by atomic mass is 10.2. The molecule has 1 aliphatic rings. The molecular weight excluding hydrogens is 400 g/mol. The van der Waals surface area contributed by atoms with Crippen molar-refractivity contribution in [2.75, 3.05) is 39.8 Å². The fourth-order valence-corrected chi connectivity index (χ4v) is 3.42. The molecule has 30 heavy (non-hydrogen) atoms. The maximum Gasteiger partial charge on any atom is 0.254 e. The fraction of sp³-hybridized carbons (Fsp3) is 0.304. The fourth-order valence-electron chi connectivity index (χ4n) is 3.30. The largest absolute Gasteiger partial charge is 0.496 e. The summed E-state index contributed by atoms with van der Waals surface area (Å²) in [6, 6.07) is 15.7. The third-order valence-corrected chi connectivity index (χ3v) is 5.17. The molecular formula is C23H27ClN4O2. The second kappa shape index (κ2) is 11.5. The average Bonchev–Trinajstić information content (AvgIpc) is 2.77. The number of carbonyl (C=O) groups is 1. The quantitative estimate of drug-likeness (QED) is 0.520. The van der Waals surface area contributed by atoms with Crippen LogP contribution in [0.2, 0.25) is 5.02 Å². The first-order valence-electron chi connectivity index (χ1n) is 9.95. The third kappa shape index (κ3) is 6.99. The van der Waals surface area contributed by atoms with Crippen molar-refractivity contribution in [1.29, 1.82) is 0 Å². The molecule has 7 heteroatoms. The van der Waals surface area contributed by atoms with E-state index in [9.17, 15) is 4.79 Å². The van der Waals surface area contributed by atoms with E-state index in [-0.39, 0.29) is 5.91 Å². The van der Waals surface area contributed by atoms with Gasteiger partial charge in [-0.1, -0.05) is 41.9 Å². The van der Waals surface area contributed by atoms with Crippen molar-refractivity contribution in [1.82, 2.24) is 15.2 Å². The molecule has 6 nitrogen and oxygen atoms in total. The summed E-state index contributed by atoms with van der Waals surface area (Å²) in [5.41, 5.74) is 4.79. The molecule has 0 unspecified atom stereocenters. The van der Waals surface area contributed by atoms with Gasteiger partial charge in [0.25, 0.3) is 5.91 Å². The number of allylic oxidation sites excluding steroid dienone is 1. The van der Waals surface area contributed by atoms with E-state index in [0.717, 1.165) is 49.1 Å². The number of para-hydroxylation sites is 1. The predicted octanol–water partition coefficient (Wildman–Crippen LogP) is 3.28. The van der Waals surface area contributed by atoms with Crippen molar-refractivity contribution in [2.45, 2.75) is 6.54 Å². The Kier molecular flexibility index (Phi) is 8.44.